The first-order valence-corrected chi connectivity index (χ1v) is 7.23. The highest BCUT2D eigenvalue weighted by Gasteiger charge is 2.29. The molecule has 1 saturated heterocycles. The number of nitrogens with zero attached hydrogens (tertiary/aromatic N) is 3. The maximum absolute atomic E-state index is 12.5. The Kier molecular flexibility index (Phi) is 3.85. The van der Waals surface area contributed by atoms with Crippen molar-refractivity contribution in [2.24, 2.45) is 0 Å². The van der Waals surface area contributed by atoms with Gasteiger partial charge in [-0.1, -0.05) is 17.7 Å². The first-order chi connectivity index (χ1) is 10.2. The number of carbonyl (C=O) groups excluding carboxylic acids is 1. The number of anilines is 1. The molecule has 1 aliphatic rings. The predicted octanol–water partition coefficient (Wildman–Crippen LogP) is 2.87. The Morgan fingerprint density at radius 2 is 2.14 bits per heavy atom. The third-order valence-corrected chi connectivity index (χ3v) is 3.82. The van der Waals surface area contributed by atoms with Gasteiger partial charge in [0, 0.05) is 12.2 Å². The standard InChI is InChI=1S/C15H19N5O/c1-11-5-7-12(8-6-11)18-15(21)20-9-3-2-4-13(20)14-16-10-17-19-14/h5-8,10,13H,2-4,9H2,1H3,(H,18,21)(H,16,17,19)/t13-/m0/s1. The van der Waals surface area contributed by atoms with Crippen LogP contribution in [-0.2, 0) is 0 Å². The monoisotopic (exact) mass is 285 g/mol. The summed E-state index contributed by atoms with van der Waals surface area (Å²) in [6, 6.07) is 7.70. The summed E-state index contributed by atoms with van der Waals surface area (Å²) < 4.78 is 0. The van der Waals surface area contributed by atoms with E-state index < -0.39 is 0 Å². The van der Waals surface area contributed by atoms with Crippen LogP contribution in [0, 0.1) is 6.92 Å². The van der Waals surface area contributed by atoms with Crippen molar-refractivity contribution >= 4 is 11.7 Å². The fourth-order valence-corrected chi connectivity index (χ4v) is 2.67. The maximum atomic E-state index is 12.5. The van der Waals surface area contributed by atoms with Gasteiger partial charge in [-0.05, 0) is 38.3 Å². The number of amides is 2. The summed E-state index contributed by atoms with van der Waals surface area (Å²) in [4.78, 5) is 18.6. The van der Waals surface area contributed by atoms with Crippen LogP contribution in [-0.4, -0.2) is 32.7 Å². The van der Waals surface area contributed by atoms with Crippen molar-refractivity contribution in [2.75, 3.05) is 11.9 Å². The molecule has 0 saturated carbocycles. The van der Waals surface area contributed by atoms with Crippen LogP contribution in [0.3, 0.4) is 0 Å². The second kappa shape index (κ2) is 5.95. The van der Waals surface area contributed by atoms with E-state index in [1.807, 2.05) is 36.1 Å². The number of carbonyl (C=O) groups is 1. The van der Waals surface area contributed by atoms with E-state index in [0.29, 0.717) is 0 Å². The van der Waals surface area contributed by atoms with Crippen molar-refractivity contribution in [1.82, 2.24) is 20.1 Å². The molecule has 0 spiro atoms. The van der Waals surface area contributed by atoms with Gasteiger partial charge >= 0.3 is 6.03 Å². The molecule has 110 valence electrons. The van der Waals surface area contributed by atoms with Crippen molar-refractivity contribution in [1.29, 1.82) is 0 Å². The molecular formula is C15H19N5O. The average molecular weight is 285 g/mol. The molecule has 21 heavy (non-hydrogen) atoms. The molecule has 6 heteroatoms. The van der Waals surface area contributed by atoms with Crippen molar-refractivity contribution < 1.29 is 4.79 Å². The van der Waals surface area contributed by atoms with Crippen molar-refractivity contribution in [3.8, 4) is 0 Å². The van der Waals surface area contributed by atoms with E-state index in [9.17, 15) is 4.79 Å². The molecule has 1 atom stereocenters. The molecule has 1 aliphatic heterocycles. The quantitative estimate of drug-likeness (QED) is 0.891. The minimum absolute atomic E-state index is 0.0216. The van der Waals surface area contributed by atoms with Gasteiger partial charge in [-0.25, -0.2) is 9.78 Å². The first kappa shape index (κ1) is 13.6. The molecule has 2 amide bonds. The number of rotatable bonds is 2. The lowest BCUT2D eigenvalue weighted by Crippen LogP contribution is -2.41. The van der Waals surface area contributed by atoms with Gasteiger partial charge in [-0.15, -0.1) is 0 Å². The fraction of sp³-hybridized carbons (Fsp3) is 0.400. The van der Waals surface area contributed by atoms with E-state index in [2.05, 4.69) is 20.5 Å². The number of piperidine rings is 1. The molecule has 1 fully saturated rings. The van der Waals surface area contributed by atoms with E-state index >= 15 is 0 Å². The number of nitrogens with one attached hydrogen (secondary N) is 2. The zero-order valence-corrected chi connectivity index (χ0v) is 12.0. The minimum Gasteiger partial charge on any atom is -0.314 e. The smallest absolute Gasteiger partial charge is 0.314 e. The van der Waals surface area contributed by atoms with Crippen LogP contribution in [0.5, 0.6) is 0 Å². The molecule has 2 N–H and O–H groups in total. The van der Waals surface area contributed by atoms with Gasteiger partial charge < -0.3 is 10.2 Å². The number of likely N-dealkylation sites (tertiary alicyclic amines) is 1. The van der Waals surface area contributed by atoms with Gasteiger partial charge in [-0.3, -0.25) is 5.10 Å². The lowest BCUT2D eigenvalue weighted by Gasteiger charge is -2.34. The molecule has 2 aromatic rings. The van der Waals surface area contributed by atoms with Crippen LogP contribution in [0.2, 0.25) is 0 Å². The molecule has 2 heterocycles. The van der Waals surface area contributed by atoms with Crippen molar-refractivity contribution in [3.05, 3.63) is 42.0 Å². The zero-order valence-electron chi connectivity index (χ0n) is 12.0. The van der Waals surface area contributed by atoms with E-state index in [1.165, 1.54) is 11.9 Å². The summed E-state index contributed by atoms with van der Waals surface area (Å²) in [5.41, 5.74) is 1.98. The van der Waals surface area contributed by atoms with E-state index in [4.69, 9.17) is 0 Å². The summed E-state index contributed by atoms with van der Waals surface area (Å²) in [6.07, 6.45) is 4.52. The second-order valence-electron chi connectivity index (χ2n) is 5.37. The highest BCUT2D eigenvalue weighted by Crippen LogP contribution is 2.29. The molecule has 0 radical (unpaired) electrons. The number of hydrogen-bond donors (Lipinski definition) is 2. The van der Waals surface area contributed by atoms with Crippen LogP contribution in [0.25, 0.3) is 0 Å². The molecule has 1 aromatic carbocycles. The Morgan fingerprint density at radius 1 is 1.33 bits per heavy atom. The molecule has 0 unspecified atom stereocenters. The molecular weight excluding hydrogens is 266 g/mol. The summed E-state index contributed by atoms with van der Waals surface area (Å²) >= 11 is 0. The number of hydrogen-bond acceptors (Lipinski definition) is 3. The van der Waals surface area contributed by atoms with E-state index in [1.54, 1.807) is 0 Å². The topological polar surface area (TPSA) is 73.9 Å². The molecule has 0 aliphatic carbocycles. The Morgan fingerprint density at radius 3 is 2.86 bits per heavy atom. The highest BCUT2D eigenvalue weighted by molar-refractivity contribution is 5.89. The van der Waals surface area contributed by atoms with Gasteiger partial charge in [0.2, 0.25) is 0 Å². The molecule has 3 rings (SSSR count). The number of H-pyrrole nitrogens is 1. The molecule has 1 aromatic heterocycles. The normalized spacial score (nSPS) is 18.5. The SMILES string of the molecule is Cc1ccc(NC(=O)N2CCCC[C@H]2c2ncn[nH]2)cc1. The Hall–Kier alpha value is -2.37. The minimum atomic E-state index is -0.0834. The Bertz CT molecular complexity index is 593. The van der Waals surface area contributed by atoms with Crippen molar-refractivity contribution in [3.63, 3.8) is 0 Å². The number of aryl methyl sites for hydroxylation is 1. The van der Waals surface area contributed by atoms with Crippen molar-refractivity contribution in [2.45, 2.75) is 32.2 Å². The van der Waals surface area contributed by atoms with Crippen LogP contribution in [0.15, 0.2) is 30.6 Å². The summed E-state index contributed by atoms with van der Waals surface area (Å²) in [5.74, 6) is 0.758. The van der Waals surface area contributed by atoms with Crippen LogP contribution in [0.1, 0.15) is 36.7 Å². The Balaban J connectivity index is 1.73. The number of aromatic amines is 1. The Labute approximate surface area is 123 Å². The summed E-state index contributed by atoms with van der Waals surface area (Å²) in [6.45, 7) is 2.76. The van der Waals surface area contributed by atoms with Crippen LogP contribution < -0.4 is 5.32 Å². The fourth-order valence-electron chi connectivity index (χ4n) is 2.67. The average Bonchev–Trinajstić information content (AvgIpc) is 3.04. The molecule has 0 bridgehead atoms. The lowest BCUT2D eigenvalue weighted by atomic mass is 10.0. The summed E-state index contributed by atoms with van der Waals surface area (Å²) in [7, 11) is 0. The largest absolute Gasteiger partial charge is 0.322 e. The zero-order chi connectivity index (χ0) is 14.7. The van der Waals surface area contributed by atoms with E-state index in [0.717, 1.165) is 37.3 Å². The second-order valence-corrected chi connectivity index (χ2v) is 5.37. The third-order valence-electron chi connectivity index (χ3n) is 3.82. The number of benzene rings is 1. The first-order valence-electron chi connectivity index (χ1n) is 7.23. The summed E-state index contributed by atoms with van der Waals surface area (Å²) in [5, 5.41) is 9.73. The van der Waals surface area contributed by atoms with Crippen LogP contribution in [0.4, 0.5) is 10.5 Å². The van der Waals surface area contributed by atoms with Crippen LogP contribution >= 0.6 is 0 Å². The van der Waals surface area contributed by atoms with Gasteiger partial charge in [0.25, 0.3) is 0 Å². The van der Waals surface area contributed by atoms with Gasteiger partial charge in [0.1, 0.15) is 12.2 Å². The maximum Gasteiger partial charge on any atom is 0.322 e. The van der Waals surface area contributed by atoms with Gasteiger partial charge in [-0.2, -0.15) is 5.10 Å². The molecule has 6 nitrogen and oxygen atoms in total. The number of urea groups is 1. The lowest BCUT2D eigenvalue weighted by molar-refractivity contribution is 0.159. The number of aromatic nitrogens is 3. The third kappa shape index (κ3) is 3.04. The predicted molar refractivity (Wildman–Crippen MR) is 79.9 cm³/mol. The van der Waals surface area contributed by atoms with Gasteiger partial charge in [0.15, 0.2) is 0 Å². The van der Waals surface area contributed by atoms with Gasteiger partial charge in [0.05, 0.1) is 6.04 Å². The highest BCUT2D eigenvalue weighted by atomic mass is 16.2. The van der Waals surface area contributed by atoms with E-state index in [-0.39, 0.29) is 12.1 Å².